The summed E-state index contributed by atoms with van der Waals surface area (Å²) in [5, 5.41) is 15.5. The number of carbonyl (C=O) groups is 1. The third-order valence-corrected chi connectivity index (χ3v) is 7.44. The number of pyridine rings is 2. The quantitative estimate of drug-likeness (QED) is 0.434. The molecule has 8 nitrogen and oxygen atoms in total. The van der Waals surface area contributed by atoms with Crippen LogP contribution >= 0.6 is 11.3 Å². The number of fused-ring (bicyclic) bond motifs is 3. The molecule has 3 N–H and O–H groups in total. The molecule has 0 radical (unpaired) electrons. The molecule has 4 heterocycles. The lowest BCUT2D eigenvalue weighted by Gasteiger charge is -2.19. The van der Waals surface area contributed by atoms with Gasteiger partial charge in [0.1, 0.15) is 16.2 Å². The van der Waals surface area contributed by atoms with E-state index in [1.165, 1.54) is 17.8 Å². The zero-order valence-corrected chi connectivity index (χ0v) is 20.5. The van der Waals surface area contributed by atoms with Crippen molar-refractivity contribution in [2.75, 3.05) is 38.6 Å². The van der Waals surface area contributed by atoms with Crippen molar-refractivity contribution in [2.45, 2.75) is 32.2 Å². The van der Waals surface area contributed by atoms with Crippen molar-refractivity contribution >= 4 is 51.1 Å². The monoisotopic (exact) mass is 481 g/mol. The number of amides is 1. The summed E-state index contributed by atoms with van der Waals surface area (Å²) in [5.74, 6) is 0.182. The normalized spacial score (nSPS) is 16.6. The van der Waals surface area contributed by atoms with Crippen LogP contribution in [0.15, 0.2) is 29.6 Å². The molecule has 3 aromatic heterocycles. The molecule has 3 aromatic rings. The third-order valence-electron chi connectivity index (χ3n) is 6.27. The maximum absolute atomic E-state index is 13.5. The minimum absolute atomic E-state index is 0.0340. The number of aliphatic hydroxyl groups excluding tert-OH is 1. The molecule has 0 spiro atoms. The number of rotatable bonds is 9. The van der Waals surface area contributed by atoms with Crippen LogP contribution in [0.3, 0.4) is 0 Å². The van der Waals surface area contributed by atoms with E-state index in [0.717, 1.165) is 30.0 Å². The zero-order valence-electron chi connectivity index (χ0n) is 19.6. The van der Waals surface area contributed by atoms with E-state index >= 15 is 0 Å². The van der Waals surface area contributed by atoms with E-state index in [2.05, 4.69) is 34.1 Å². The van der Waals surface area contributed by atoms with Gasteiger partial charge in [-0.25, -0.2) is 4.98 Å². The first kappa shape index (κ1) is 24.1. The van der Waals surface area contributed by atoms with Crippen LogP contribution in [0.1, 0.15) is 47.1 Å². The summed E-state index contributed by atoms with van der Waals surface area (Å²) in [5.41, 5.74) is 1.07. The van der Waals surface area contributed by atoms with Crippen molar-refractivity contribution < 1.29 is 9.90 Å². The molecule has 1 fully saturated rings. The molecule has 1 unspecified atom stereocenters. The predicted octanol–water partition coefficient (Wildman–Crippen LogP) is 3.20. The maximum Gasteiger partial charge on any atom is 0.258 e. The number of nitrogens with zero attached hydrogens (tertiary/aromatic N) is 3. The Bertz CT molecular complexity index is 1310. The van der Waals surface area contributed by atoms with E-state index in [9.17, 15) is 9.59 Å². The average molecular weight is 482 g/mol. The average Bonchev–Trinajstić information content (AvgIpc) is 3.41. The Morgan fingerprint density at radius 3 is 2.88 bits per heavy atom. The summed E-state index contributed by atoms with van der Waals surface area (Å²) < 4.78 is 1.86. The van der Waals surface area contributed by atoms with Crippen LogP contribution in [0.5, 0.6) is 0 Å². The molecule has 1 aliphatic rings. The SMILES string of the molecule is C=Cc1sc2c(C(=O)NCCC3CCCN3C)c(=O)c3ccc(NCCO)nc3n2c1/C=C\C. The fraction of sp³-hybridized carbons (Fsp3) is 0.400. The van der Waals surface area contributed by atoms with Gasteiger partial charge in [-0.05, 0) is 64.1 Å². The van der Waals surface area contributed by atoms with Crippen LogP contribution in [-0.4, -0.2) is 64.6 Å². The Labute approximate surface area is 202 Å². The molecular formula is C25H31N5O3S. The summed E-state index contributed by atoms with van der Waals surface area (Å²) in [6.07, 6.45) is 8.73. The molecular weight excluding hydrogens is 450 g/mol. The molecule has 0 aromatic carbocycles. The van der Waals surface area contributed by atoms with Crippen LogP contribution < -0.4 is 16.1 Å². The van der Waals surface area contributed by atoms with Crippen LogP contribution in [-0.2, 0) is 0 Å². The molecule has 1 atom stereocenters. The van der Waals surface area contributed by atoms with Gasteiger partial charge in [-0.15, -0.1) is 11.3 Å². The number of allylic oxidation sites excluding steroid dienone is 1. The number of hydrogen-bond acceptors (Lipinski definition) is 7. The second kappa shape index (κ2) is 10.5. The lowest BCUT2D eigenvalue weighted by Crippen LogP contribution is -2.34. The Kier molecular flexibility index (Phi) is 7.45. The lowest BCUT2D eigenvalue weighted by atomic mass is 10.1. The highest BCUT2D eigenvalue weighted by molar-refractivity contribution is 7.19. The van der Waals surface area contributed by atoms with E-state index < -0.39 is 0 Å². The number of nitrogens with one attached hydrogen (secondary N) is 2. The first-order chi connectivity index (χ1) is 16.5. The van der Waals surface area contributed by atoms with Crippen LogP contribution in [0.2, 0.25) is 0 Å². The molecule has 9 heteroatoms. The van der Waals surface area contributed by atoms with Gasteiger partial charge in [0, 0.05) is 19.1 Å². The number of thiazole rings is 1. The van der Waals surface area contributed by atoms with Crippen LogP contribution in [0.25, 0.3) is 28.0 Å². The fourth-order valence-electron chi connectivity index (χ4n) is 4.55. The number of aliphatic hydroxyl groups is 1. The number of carbonyl (C=O) groups excluding carboxylic acids is 1. The number of anilines is 1. The van der Waals surface area contributed by atoms with Gasteiger partial charge in [0.15, 0.2) is 5.65 Å². The van der Waals surface area contributed by atoms with Crippen LogP contribution in [0, 0.1) is 0 Å². The second-order valence-corrected chi connectivity index (χ2v) is 9.47. The van der Waals surface area contributed by atoms with Gasteiger partial charge in [-0.1, -0.05) is 12.7 Å². The number of hydrogen-bond donors (Lipinski definition) is 3. The Hall–Kier alpha value is -3.01. The molecule has 180 valence electrons. The minimum atomic E-state index is -0.364. The Morgan fingerprint density at radius 2 is 2.21 bits per heavy atom. The minimum Gasteiger partial charge on any atom is -0.395 e. The summed E-state index contributed by atoms with van der Waals surface area (Å²) in [6, 6.07) is 3.84. The van der Waals surface area contributed by atoms with E-state index in [0.29, 0.717) is 40.8 Å². The van der Waals surface area contributed by atoms with Gasteiger partial charge in [0.05, 0.1) is 22.6 Å². The first-order valence-electron chi connectivity index (χ1n) is 11.6. The Balaban J connectivity index is 1.82. The van der Waals surface area contributed by atoms with Gasteiger partial charge in [0.2, 0.25) is 5.43 Å². The molecule has 1 saturated heterocycles. The summed E-state index contributed by atoms with van der Waals surface area (Å²) in [6.45, 7) is 7.75. The van der Waals surface area contributed by atoms with Gasteiger partial charge in [-0.3, -0.25) is 14.0 Å². The molecule has 0 saturated carbocycles. The maximum atomic E-state index is 13.5. The standard InChI is InChI=1S/C25H31N5O3S/c1-4-7-18-19(5-2)34-25-21(24(33)27-12-11-16-8-6-14-29(16)3)22(32)17-9-10-20(26-13-15-31)28-23(17)30(18)25/h4-5,7,9-10,16,31H,2,6,8,11-15H2,1,3H3,(H,26,28)(H,27,33)/b7-4-. The molecule has 1 aliphatic heterocycles. The summed E-state index contributed by atoms with van der Waals surface area (Å²) in [4.78, 5) is 35.2. The summed E-state index contributed by atoms with van der Waals surface area (Å²) >= 11 is 1.35. The smallest absolute Gasteiger partial charge is 0.258 e. The molecule has 4 rings (SSSR count). The van der Waals surface area contributed by atoms with Gasteiger partial charge >= 0.3 is 0 Å². The van der Waals surface area contributed by atoms with Crippen LogP contribution in [0.4, 0.5) is 5.82 Å². The van der Waals surface area contributed by atoms with Crippen molar-refractivity contribution in [3.63, 3.8) is 0 Å². The van der Waals surface area contributed by atoms with Crippen molar-refractivity contribution in [3.8, 4) is 0 Å². The van der Waals surface area contributed by atoms with Gasteiger partial charge in [-0.2, -0.15) is 0 Å². The highest BCUT2D eigenvalue weighted by Gasteiger charge is 2.25. The predicted molar refractivity (Wildman–Crippen MR) is 140 cm³/mol. The second-order valence-electron chi connectivity index (χ2n) is 8.44. The molecule has 0 bridgehead atoms. The number of likely N-dealkylation sites (tertiary alicyclic amines) is 1. The fourth-order valence-corrected chi connectivity index (χ4v) is 5.67. The van der Waals surface area contributed by atoms with E-state index in [1.807, 2.05) is 23.5 Å². The molecule has 0 aliphatic carbocycles. The van der Waals surface area contributed by atoms with Crippen molar-refractivity contribution in [2.24, 2.45) is 0 Å². The summed E-state index contributed by atoms with van der Waals surface area (Å²) in [7, 11) is 2.11. The van der Waals surface area contributed by atoms with Gasteiger partial charge < -0.3 is 20.6 Å². The molecule has 1 amide bonds. The van der Waals surface area contributed by atoms with Crippen molar-refractivity contribution in [3.05, 3.63) is 51.1 Å². The Morgan fingerprint density at radius 1 is 1.38 bits per heavy atom. The zero-order chi connectivity index (χ0) is 24.2. The number of aromatic nitrogens is 2. The molecule has 34 heavy (non-hydrogen) atoms. The van der Waals surface area contributed by atoms with E-state index in [4.69, 9.17) is 5.11 Å². The van der Waals surface area contributed by atoms with E-state index in [1.54, 1.807) is 18.2 Å². The highest BCUT2D eigenvalue weighted by Crippen LogP contribution is 2.31. The highest BCUT2D eigenvalue weighted by atomic mass is 32.1. The largest absolute Gasteiger partial charge is 0.395 e. The topological polar surface area (TPSA) is 99.0 Å². The van der Waals surface area contributed by atoms with Gasteiger partial charge in [0.25, 0.3) is 5.91 Å². The van der Waals surface area contributed by atoms with E-state index in [-0.39, 0.29) is 23.5 Å². The van der Waals surface area contributed by atoms with Crippen molar-refractivity contribution in [1.29, 1.82) is 0 Å². The lowest BCUT2D eigenvalue weighted by molar-refractivity contribution is 0.0951. The third kappa shape index (κ3) is 4.51. The van der Waals surface area contributed by atoms with Crippen molar-refractivity contribution in [1.82, 2.24) is 19.6 Å². The first-order valence-corrected chi connectivity index (χ1v) is 12.4.